The SMILES string of the molecule is NCCc1ccnc(-c2cccs2)n1. The standard InChI is InChI=1S/C10H11N3S/c11-5-3-8-4-6-12-10(13-8)9-2-1-7-14-9/h1-2,4,6-7H,3,5,11H2. The van der Waals surface area contributed by atoms with Crippen molar-refractivity contribution in [3.05, 3.63) is 35.5 Å². The maximum Gasteiger partial charge on any atom is 0.169 e. The van der Waals surface area contributed by atoms with E-state index in [2.05, 4.69) is 9.97 Å². The average molecular weight is 205 g/mol. The van der Waals surface area contributed by atoms with Crippen LogP contribution in [0.1, 0.15) is 5.69 Å². The van der Waals surface area contributed by atoms with Crippen LogP contribution in [0.2, 0.25) is 0 Å². The molecule has 0 bridgehead atoms. The van der Waals surface area contributed by atoms with Gasteiger partial charge in [-0.1, -0.05) is 6.07 Å². The molecule has 0 aliphatic heterocycles. The highest BCUT2D eigenvalue weighted by molar-refractivity contribution is 7.13. The van der Waals surface area contributed by atoms with Crippen molar-refractivity contribution in [1.82, 2.24) is 9.97 Å². The lowest BCUT2D eigenvalue weighted by Crippen LogP contribution is -2.05. The molecule has 3 nitrogen and oxygen atoms in total. The first-order valence-electron chi connectivity index (χ1n) is 4.46. The summed E-state index contributed by atoms with van der Waals surface area (Å²) in [5, 5.41) is 2.02. The molecule has 0 amide bonds. The Morgan fingerprint density at radius 3 is 3.00 bits per heavy atom. The van der Waals surface area contributed by atoms with Crippen molar-refractivity contribution >= 4 is 11.3 Å². The van der Waals surface area contributed by atoms with E-state index in [-0.39, 0.29) is 0 Å². The number of hydrogen-bond donors (Lipinski definition) is 1. The van der Waals surface area contributed by atoms with E-state index in [0.29, 0.717) is 6.54 Å². The number of hydrogen-bond acceptors (Lipinski definition) is 4. The number of aromatic nitrogens is 2. The highest BCUT2D eigenvalue weighted by Gasteiger charge is 2.02. The molecule has 2 aromatic heterocycles. The highest BCUT2D eigenvalue weighted by Crippen LogP contribution is 2.20. The molecule has 2 rings (SSSR count). The Bertz CT molecular complexity index is 398. The number of thiophene rings is 1. The molecule has 2 aromatic rings. The molecular weight excluding hydrogens is 194 g/mol. The van der Waals surface area contributed by atoms with Crippen LogP contribution in [0, 0.1) is 0 Å². The van der Waals surface area contributed by atoms with E-state index < -0.39 is 0 Å². The summed E-state index contributed by atoms with van der Waals surface area (Å²) in [4.78, 5) is 9.75. The molecule has 4 heteroatoms. The Morgan fingerprint density at radius 1 is 1.36 bits per heavy atom. The maximum absolute atomic E-state index is 5.47. The molecule has 0 aliphatic rings. The zero-order chi connectivity index (χ0) is 9.80. The van der Waals surface area contributed by atoms with Crippen molar-refractivity contribution in [2.75, 3.05) is 6.54 Å². The zero-order valence-electron chi connectivity index (χ0n) is 7.68. The van der Waals surface area contributed by atoms with Crippen LogP contribution in [0.3, 0.4) is 0 Å². The lowest BCUT2D eigenvalue weighted by atomic mass is 10.3. The van der Waals surface area contributed by atoms with Crippen molar-refractivity contribution in [2.24, 2.45) is 5.73 Å². The van der Waals surface area contributed by atoms with E-state index in [1.807, 2.05) is 23.6 Å². The molecule has 0 atom stereocenters. The predicted octanol–water partition coefficient (Wildman–Crippen LogP) is 1.71. The van der Waals surface area contributed by atoms with E-state index >= 15 is 0 Å². The minimum Gasteiger partial charge on any atom is -0.330 e. The Morgan fingerprint density at radius 2 is 2.29 bits per heavy atom. The van der Waals surface area contributed by atoms with Gasteiger partial charge in [0.05, 0.1) is 4.88 Å². The summed E-state index contributed by atoms with van der Waals surface area (Å²) in [6, 6.07) is 5.93. The number of nitrogens with zero attached hydrogens (tertiary/aromatic N) is 2. The minimum atomic E-state index is 0.626. The molecule has 0 aromatic carbocycles. The zero-order valence-corrected chi connectivity index (χ0v) is 8.50. The molecule has 14 heavy (non-hydrogen) atoms. The van der Waals surface area contributed by atoms with Crippen LogP contribution < -0.4 is 5.73 Å². The van der Waals surface area contributed by atoms with Gasteiger partial charge in [-0.05, 0) is 24.1 Å². The normalized spacial score (nSPS) is 10.4. The summed E-state index contributed by atoms with van der Waals surface area (Å²) in [7, 11) is 0. The summed E-state index contributed by atoms with van der Waals surface area (Å²) in [5.41, 5.74) is 6.48. The van der Waals surface area contributed by atoms with Gasteiger partial charge in [0.1, 0.15) is 0 Å². The van der Waals surface area contributed by atoms with Gasteiger partial charge in [0.25, 0.3) is 0 Å². The van der Waals surface area contributed by atoms with Gasteiger partial charge in [0.2, 0.25) is 0 Å². The van der Waals surface area contributed by atoms with E-state index in [4.69, 9.17) is 5.73 Å². The second-order valence-electron chi connectivity index (χ2n) is 2.89. The molecule has 0 unspecified atom stereocenters. The molecule has 72 valence electrons. The van der Waals surface area contributed by atoms with Gasteiger partial charge in [-0.25, -0.2) is 9.97 Å². The van der Waals surface area contributed by atoms with Gasteiger partial charge >= 0.3 is 0 Å². The van der Waals surface area contributed by atoms with Crippen molar-refractivity contribution < 1.29 is 0 Å². The molecule has 2 N–H and O–H groups in total. The largest absolute Gasteiger partial charge is 0.330 e. The molecule has 2 heterocycles. The minimum absolute atomic E-state index is 0.626. The maximum atomic E-state index is 5.47. The fraction of sp³-hybridized carbons (Fsp3) is 0.200. The number of nitrogens with two attached hydrogens (primary N) is 1. The lowest BCUT2D eigenvalue weighted by Gasteiger charge is -1.99. The van der Waals surface area contributed by atoms with E-state index in [1.54, 1.807) is 17.5 Å². The first-order chi connectivity index (χ1) is 6.90. The molecule has 0 saturated heterocycles. The first-order valence-corrected chi connectivity index (χ1v) is 5.34. The van der Waals surface area contributed by atoms with Crippen molar-refractivity contribution in [3.63, 3.8) is 0 Å². The van der Waals surface area contributed by atoms with Gasteiger partial charge in [-0.2, -0.15) is 0 Å². The van der Waals surface area contributed by atoms with Crippen LogP contribution in [-0.2, 0) is 6.42 Å². The second-order valence-corrected chi connectivity index (χ2v) is 3.84. The van der Waals surface area contributed by atoms with Gasteiger partial charge in [-0.3, -0.25) is 0 Å². The van der Waals surface area contributed by atoms with Crippen LogP contribution in [-0.4, -0.2) is 16.5 Å². The number of rotatable bonds is 3. The Balaban J connectivity index is 2.31. The molecule has 0 aliphatic carbocycles. The van der Waals surface area contributed by atoms with Gasteiger partial charge in [-0.15, -0.1) is 11.3 Å². The van der Waals surface area contributed by atoms with Crippen LogP contribution in [0.15, 0.2) is 29.8 Å². The molecular formula is C10H11N3S. The summed E-state index contributed by atoms with van der Waals surface area (Å²) < 4.78 is 0. The van der Waals surface area contributed by atoms with E-state index in [1.165, 1.54) is 0 Å². The molecule has 0 radical (unpaired) electrons. The smallest absolute Gasteiger partial charge is 0.169 e. The van der Waals surface area contributed by atoms with E-state index in [0.717, 1.165) is 22.8 Å². The predicted molar refractivity (Wildman–Crippen MR) is 58.1 cm³/mol. The van der Waals surface area contributed by atoms with Gasteiger partial charge < -0.3 is 5.73 Å². The quantitative estimate of drug-likeness (QED) is 0.829. The summed E-state index contributed by atoms with van der Waals surface area (Å²) in [5.74, 6) is 0.797. The average Bonchev–Trinajstić information content (AvgIpc) is 2.71. The molecule has 0 spiro atoms. The van der Waals surface area contributed by atoms with Crippen LogP contribution in [0.4, 0.5) is 0 Å². The summed E-state index contributed by atoms with van der Waals surface area (Å²) >= 11 is 1.65. The van der Waals surface area contributed by atoms with Crippen molar-refractivity contribution in [3.8, 4) is 10.7 Å². The van der Waals surface area contributed by atoms with Crippen molar-refractivity contribution in [2.45, 2.75) is 6.42 Å². The third-order valence-corrected chi connectivity index (χ3v) is 2.72. The summed E-state index contributed by atoms with van der Waals surface area (Å²) in [6.07, 6.45) is 2.59. The van der Waals surface area contributed by atoms with Crippen LogP contribution >= 0.6 is 11.3 Å². The third-order valence-electron chi connectivity index (χ3n) is 1.86. The second kappa shape index (κ2) is 4.30. The topological polar surface area (TPSA) is 51.8 Å². The van der Waals surface area contributed by atoms with Crippen LogP contribution in [0.5, 0.6) is 0 Å². The lowest BCUT2D eigenvalue weighted by molar-refractivity contribution is 0.914. The third kappa shape index (κ3) is 1.97. The van der Waals surface area contributed by atoms with Gasteiger partial charge in [0, 0.05) is 18.3 Å². The summed E-state index contributed by atoms with van der Waals surface area (Å²) in [6.45, 7) is 0.626. The van der Waals surface area contributed by atoms with Crippen molar-refractivity contribution in [1.29, 1.82) is 0 Å². The monoisotopic (exact) mass is 205 g/mol. The van der Waals surface area contributed by atoms with Gasteiger partial charge in [0.15, 0.2) is 5.82 Å². The highest BCUT2D eigenvalue weighted by atomic mass is 32.1. The fourth-order valence-corrected chi connectivity index (χ4v) is 1.87. The Labute approximate surface area is 86.6 Å². The fourth-order valence-electron chi connectivity index (χ4n) is 1.21. The first kappa shape index (κ1) is 9.30. The molecule has 0 saturated carbocycles. The van der Waals surface area contributed by atoms with Crippen LogP contribution in [0.25, 0.3) is 10.7 Å². The Kier molecular flexibility index (Phi) is 2.86. The molecule has 0 fully saturated rings. The van der Waals surface area contributed by atoms with E-state index in [9.17, 15) is 0 Å². The Hall–Kier alpha value is -1.26.